The van der Waals surface area contributed by atoms with Gasteiger partial charge in [-0.25, -0.2) is 4.79 Å². The van der Waals surface area contributed by atoms with Gasteiger partial charge in [0.1, 0.15) is 12.1 Å². The molecule has 0 atom stereocenters. The molecule has 3 rings (SSSR count). The Morgan fingerprint density at radius 3 is 2.57 bits per heavy atom. The van der Waals surface area contributed by atoms with Crippen molar-refractivity contribution < 1.29 is 23.8 Å². The number of nitrogens with one attached hydrogen (secondary N) is 1. The maximum atomic E-state index is 12.8. The molecule has 0 saturated carbocycles. The minimum atomic E-state index is -0.730. The molecule has 7 heteroatoms. The molecule has 0 aliphatic carbocycles. The molecule has 0 unspecified atom stereocenters. The number of rotatable bonds is 7. The van der Waals surface area contributed by atoms with Crippen LogP contribution in [0.3, 0.4) is 0 Å². The largest absolute Gasteiger partial charge is 0.493 e. The molecule has 0 spiro atoms. The van der Waals surface area contributed by atoms with Gasteiger partial charge in [-0.05, 0) is 49.8 Å². The van der Waals surface area contributed by atoms with Crippen molar-refractivity contribution >= 4 is 29.3 Å². The van der Waals surface area contributed by atoms with Gasteiger partial charge in [-0.1, -0.05) is 18.2 Å². The smallest absolute Gasteiger partial charge is 0.330 e. The summed E-state index contributed by atoms with van der Waals surface area (Å²) in [7, 11) is 3.11. The van der Waals surface area contributed by atoms with Crippen LogP contribution in [-0.2, 0) is 14.3 Å². The average molecular weight is 410 g/mol. The summed E-state index contributed by atoms with van der Waals surface area (Å²) in [5, 5.41) is 3.24. The van der Waals surface area contributed by atoms with Crippen molar-refractivity contribution in [2.75, 3.05) is 37.6 Å². The molecule has 0 saturated heterocycles. The lowest BCUT2D eigenvalue weighted by molar-refractivity contribution is -0.137. The van der Waals surface area contributed by atoms with Crippen molar-refractivity contribution in [2.45, 2.75) is 19.4 Å². The molecule has 1 heterocycles. The highest BCUT2D eigenvalue weighted by atomic mass is 16.5. The fraction of sp³-hybridized carbons (Fsp3) is 0.304. The number of esters is 1. The number of benzene rings is 2. The highest BCUT2D eigenvalue weighted by Gasteiger charge is 2.38. The molecular weight excluding hydrogens is 384 g/mol. The lowest BCUT2D eigenvalue weighted by atomic mass is 9.98. The molecule has 2 aromatic rings. The van der Waals surface area contributed by atoms with Crippen molar-refractivity contribution in [3.05, 3.63) is 54.1 Å². The summed E-state index contributed by atoms with van der Waals surface area (Å²) in [5.74, 6) is 0.630. The van der Waals surface area contributed by atoms with Gasteiger partial charge >= 0.3 is 5.97 Å². The van der Waals surface area contributed by atoms with Gasteiger partial charge in [0.15, 0.2) is 11.5 Å². The van der Waals surface area contributed by atoms with E-state index < -0.39 is 11.5 Å². The van der Waals surface area contributed by atoms with E-state index in [1.54, 1.807) is 37.3 Å². The summed E-state index contributed by atoms with van der Waals surface area (Å²) in [4.78, 5) is 26.6. The van der Waals surface area contributed by atoms with Crippen LogP contribution in [0, 0.1) is 0 Å². The molecule has 7 nitrogen and oxygen atoms in total. The molecular formula is C23H26N2O5. The number of fused-ring (bicyclic) bond motifs is 1. The quantitative estimate of drug-likeness (QED) is 0.556. The molecule has 1 aliphatic heterocycles. The van der Waals surface area contributed by atoms with Crippen LogP contribution in [0.5, 0.6) is 11.5 Å². The van der Waals surface area contributed by atoms with Gasteiger partial charge in [0.05, 0.1) is 32.1 Å². The van der Waals surface area contributed by atoms with Gasteiger partial charge in [-0.3, -0.25) is 4.79 Å². The van der Waals surface area contributed by atoms with Gasteiger partial charge in [0.25, 0.3) is 5.91 Å². The Morgan fingerprint density at radius 1 is 1.10 bits per heavy atom. The van der Waals surface area contributed by atoms with Crippen molar-refractivity contribution in [2.24, 2.45) is 0 Å². The second-order valence-corrected chi connectivity index (χ2v) is 7.34. The van der Waals surface area contributed by atoms with Crippen LogP contribution in [0.2, 0.25) is 0 Å². The number of para-hydroxylation sites is 2. The summed E-state index contributed by atoms with van der Waals surface area (Å²) in [5.41, 5.74) is 1.70. The van der Waals surface area contributed by atoms with E-state index in [2.05, 4.69) is 5.32 Å². The first-order valence-electron chi connectivity index (χ1n) is 9.62. The summed E-state index contributed by atoms with van der Waals surface area (Å²) in [6.45, 7) is 4.02. The Balaban J connectivity index is 1.60. The highest BCUT2D eigenvalue weighted by molar-refractivity contribution is 6.07. The number of carbonyl (C=O) groups excluding carboxylic acids is 2. The van der Waals surface area contributed by atoms with Gasteiger partial charge in [0.2, 0.25) is 0 Å². The normalized spacial score (nSPS) is 14.8. The second-order valence-electron chi connectivity index (χ2n) is 7.34. The molecule has 0 fully saturated rings. The Morgan fingerprint density at radius 2 is 1.83 bits per heavy atom. The first kappa shape index (κ1) is 21.2. The van der Waals surface area contributed by atoms with Crippen LogP contribution >= 0.6 is 0 Å². The Bertz CT molecular complexity index is 968. The molecule has 0 aromatic heterocycles. The Kier molecular flexibility index (Phi) is 6.30. The first-order valence-corrected chi connectivity index (χ1v) is 9.62. The lowest BCUT2D eigenvalue weighted by Gasteiger charge is -2.39. The van der Waals surface area contributed by atoms with Crippen molar-refractivity contribution in [3.63, 3.8) is 0 Å². The maximum absolute atomic E-state index is 12.8. The fourth-order valence-corrected chi connectivity index (χ4v) is 3.28. The van der Waals surface area contributed by atoms with Crippen molar-refractivity contribution in [1.29, 1.82) is 0 Å². The fourth-order valence-electron chi connectivity index (χ4n) is 3.28. The van der Waals surface area contributed by atoms with E-state index in [0.29, 0.717) is 11.5 Å². The van der Waals surface area contributed by atoms with E-state index in [4.69, 9.17) is 14.2 Å². The van der Waals surface area contributed by atoms with Crippen LogP contribution < -0.4 is 19.7 Å². The van der Waals surface area contributed by atoms with E-state index in [1.165, 1.54) is 6.08 Å². The minimum absolute atomic E-state index is 0.0712. The van der Waals surface area contributed by atoms with E-state index >= 15 is 0 Å². The van der Waals surface area contributed by atoms with Crippen LogP contribution in [0.4, 0.5) is 11.4 Å². The van der Waals surface area contributed by atoms with Crippen LogP contribution in [0.25, 0.3) is 6.08 Å². The predicted molar refractivity (Wildman–Crippen MR) is 116 cm³/mol. The standard InChI is InChI=1S/C23H26N2O5/c1-23(2)22(27)25(18-8-6-5-7-17(18)24-23)13-14-30-21(26)12-10-16-9-11-19(28-3)20(15-16)29-4/h5-12,15,24H,13-14H2,1-4H3/b12-10+. The van der Waals surface area contributed by atoms with Crippen LogP contribution in [0.1, 0.15) is 19.4 Å². The average Bonchev–Trinajstić information content (AvgIpc) is 2.74. The molecule has 158 valence electrons. The van der Waals surface area contributed by atoms with Crippen molar-refractivity contribution in [1.82, 2.24) is 0 Å². The zero-order valence-corrected chi connectivity index (χ0v) is 17.6. The number of carbonyl (C=O) groups is 2. The molecule has 0 radical (unpaired) electrons. The maximum Gasteiger partial charge on any atom is 0.330 e. The third-order valence-electron chi connectivity index (χ3n) is 4.80. The number of ether oxygens (including phenoxy) is 3. The number of hydrogen-bond donors (Lipinski definition) is 1. The number of amides is 1. The molecule has 1 amide bonds. The van der Waals surface area contributed by atoms with Gasteiger partial charge in [-0.2, -0.15) is 0 Å². The zero-order chi connectivity index (χ0) is 21.7. The van der Waals surface area contributed by atoms with Gasteiger partial charge in [-0.15, -0.1) is 0 Å². The molecule has 2 aromatic carbocycles. The highest BCUT2D eigenvalue weighted by Crippen LogP contribution is 2.34. The molecule has 0 bridgehead atoms. The van der Waals surface area contributed by atoms with E-state index in [0.717, 1.165) is 16.9 Å². The Labute approximate surface area is 176 Å². The third-order valence-corrected chi connectivity index (χ3v) is 4.80. The minimum Gasteiger partial charge on any atom is -0.493 e. The second kappa shape index (κ2) is 8.90. The number of hydrogen-bond acceptors (Lipinski definition) is 6. The van der Waals surface area contributed by atoms with E-state index in [-0.39, 0.29) is 19.1 Å². The van der Waals surface area contributed by atoms with Crippen LogP contribution in [0.15, 0.2) is 48.5 Å². The van der Waals surface area contributed by atoms with E-state index in [9.17, 15) is 9.59 Å². The first-order chi connectivity index (χ1) is 14.4. The van der Waals surface area contributed by atoms with Gasteiger partial charge < -0.3 is 24.4 Å². The Hall–Kier alpha value is -3.48. The molecule has 1 aliphatic rings. The van der Waals surface area contributed by atoms with Crippen LogP contribution in [-0.4, -0.2) is 44.8 Å². The third kappa shape index (κ3) is 4.56. The summed E-state index contributed by atoms with van der Waals surface area (Å²) in [6.07, 6.45) is 2.98. The SMILES string of the molecule is COc1ccc(/C=C/C(=O)OCCN2C(=O)C(C)(C)Nc3ccccc32)cc1OC. The topological polar surface area (TPSA) is 77.1 Å². The number of anilines is 2. The zero-order valence-electron chi connectivity index (χ0n) is 17.6. The monoisotopic (exact) mass is 410 g/mol. The van der Waals surface area contributed by atoms with Gasteiger partial charge in [0, 0.05) is 6.08 Å². The van der Waals surface area contributed by atoms with E-state index in [1.807, 2.05) is 44.2 Å². The number of nitrogens with zero attached hydrogens (tertiary/aromatic N) is 1. The lowest BCUT2D eigenvalue weighted by Crippen LogP contribution is -2.54. The molecule has 1 N–H and O–H groups in total. The summed E-state index contributed by atoms with van der Waals surface area (Å²) < 4.78 is 15.8. The number of methoxy groups -OCH3 is 2. The molecule has 30 heavy (non-hydrogen) atoms. The summed E-state index contributed by atoms with van der Waals surface area (Å²) in [6, 6.07) is 12.9. The predicted octanol–water partition coefficient (Wildman–Crippen LogP) is 3.50. The summed E-state index contributed by atoms with van der Waals surface area (Å²) >= 11 is 0. The van der Waals surface area contributed by atoms with Crippen molar-refractivity contribution in [3.8, 4) is 11.5 Å².